The Labute approximate surface area is 206 Å². The van der Waals surface area contributed by atoms with Gasteiger partial charge < -0.3 is 5.32 Å². The molecule has 6 aromatic rings. The minimum absolute atomic E-state index is 1.09. The first kappa shape index (κ1) is 20.9. The van der Waals surface area contributed by atoms with Crippen LogP contribution >= 0.6 is 0 Å². The number of anilines is 2. The molecule has 6 rings (SSSR count). The van der Waals surface area contributed by atoms with Gasteiger partial charge in [-0.3, -0.25) is 0 Å². The zero-order valence-corrected chi connectivity index (χ0v) is 19.4. The SMILES string of the molecule is c1ccc(-c2ccccc2Nc2ccc(-c3cccc4ccccc34)cc2-c2ccccc2)cc1. The Morgan fingerprint density at radius 3 is 1.71 bits per heavy atom. The van der Waals surface area contributed by atoms with Gasteiger partial charge in [0.05, 0.1) is 0 Å². The molecule has 166 valence electrons. The first-order chi connectivity index (χ1) is 17.4. The van der Waals surface area contributed by atoms with E-state index in [1.165, 1.54) is 44.2 Å². The summed E-state index contributed by atoms with van der Waals surface area (Å²) in [5.74, 6) is 0. The molecule has 6 aromatic carbocycles. The molecule has 0 bridgehead atoms. The van der Waals surface area contributed by atoms with E-state index in [4.69, 9.17) is 0 Å². The molecule has 0 aliphatic heterocycles. The molecule has 1 nitrogen and oxygen atoms in total. The molecule has 0 aliphatic rings. The molecule has 0 amide bonds. The van der Waals surface area contributed by atoms with Crippen LogP contribution in [0.1, 0.15) is 0 Å². The Hall–Kier alpha value is -4.62. The summed E-state index contributed by atoms with van der Waals surface area (Å²) in [6, 6.07) is 51.5. The lowest BCUT2D eigenvalue weighted by Crippen LogP contribution is -1.96. The van der Waals surface area contributed by atoms with Gasteiger partial charge in [0.1, 0.15) is 0 Å². The van der Waals surface area contributed by atoms with Crippen molar-refractivity contribution in [3.63, 3.8) is 0 Å². The quantitative estimate of drug-likeness (QED) is 0.277. The van der Waals surface area contributed by atoms with E-state index in [9.17, 15) is 0 Å². The number of hydrogen-bond donors (Lipinski definition) is 1. The van der Waals surface area contributed by atoms with Gasteiger partial charge in [0.25, 0.3) is 0 Å². The van der Waals surface area contributed by atoms with Crippen molar-refractivity contribution in [1.29, 1.82) is 0 Å². The van der Waals surface area contributed by atoms with Gasteiger partial charge in [0.15, 0.2) is 0 Å². The Kier molecular flexibility index (Phi) is 5.58. The standard InChI is InChI=1S/C34H25N/c1-3-12-26(13-4-1)31-19-9-10-21-33(31)35-34-23-22-28(24-32(34)27-14-5-2-6-15-27)30-20-11-17-25-16-7-8-18-29(25)30/h1-24,35H. The van der Waals surface area contributed by atoms with Gasteiger partial charge in [-0.1, -0.05) is 127 Å². The van der Waals surface area contributed by atoms with E-state index in [2.05, 4.69) is 151 Å². The van der Waals surface area contributed by atoms with Gasteiger partial charge in [-0.2, -0.15) is 0 Å². The maximum Gasteiger partial charge on any atom is 0.0464 e. The van der Waals surface area contributed by atoms with Crippen LogP contribution in [0.15, 0.2) is 146 Å². The molecule has 0 radical (unpaired) electrons. The lowest BCUT2D eigenvalue weighted by molar-refractivity contribution is 1.52. The van der Waals surface area contributed by atoms with Crippen molar-refractivity contribution >= 4 is 22.1 Å². The van der Waals surface area contributed by atoms with E-state index in [1.54, 1.807) is 0 Å². The van der Waals surface area contributed by atoms with Crippen molar-refractivity contribution in [3.05, 3.63) is 146 Å². The zero-order chi connectivity index (χ0) is 23.5. The lowest BCUT2D eigenvalue weighted by Gasteiger charge is -2.18. The first-order valence-electron chi connectivity index (χ1n) is 12.0. The first-order valence-corrected chi connectivity index (χ1v) is 12.0. The minimum atomic E-state index is 1.09. The highest BCUT2D eigenvalue weighted by atomic mass is 14.9. The van der Waals surface area contributed by atoms with Crippen LogP contribution < -0.4 is 5.32 Å². The van der Waals surface area contributed by atoms with E-state index < -0.39 is 0 Å². The predicted molar refractivity (Wildman–Crippen MR) is 150 cm³/mol. The molecule has 1 heteroatoms. The molecule has 35 heavy (non-hydrogen) atoms. The monoisotopic (exact) mass is 447 g/mol. The number of rotatable bonds is 5. The highest BCUT2D eigenvalue weighted by Gasteiger charge is 2.12. The van der Waals surface area contributed by atoms with Crippen LogP contribution in [-0.2, 0) is 0 Å². The maximum absolute atomic E-state index is 3.75. The Morgan fingerprint density at radius 2 is 0.914 bits per heavy atom. The number of hydrogen-bond acceptors (Lipinski definition) is 1. The van der Waals surface area contributed by atoms with Crippen molar-refractivity contribution in [2.45, 2.75) is 0 Å². The molecular formula is C34H25N. The summed E-state index contributed by atoms with van der Waals surface area (Å²) in [4.78, 5) is 0. The van der Waals surface area contributed by atoms with Crippen LogP contribution in [-0.4, -0.2) is 0 Å². The number of benzene rings is 6. The summed E-state index contributed by atoms with van der Waals surface area (Å²) in [7, 11) is 0. The third-order valence-electron chi connectivity index (χ3n) is 6.49. The lowest BCUT2D eigenvalue weighted by atomic mass is 9.94. The van der Waals surface area contributed by atoms with Crippen LogP contribution in [0.3, 0.4) is 0 Å². The van der Waals surface area contributed by atoms with Crippen molar-refractivity contribution < 1.29 is 0 Å². The van der Waals surface area contributed by atoms with Gasteiger partial charge in [0.2, 0.25) is 0 Å². The fourth-order valence-electron chi connectivity index (χ4n) is 4.76. The molecule has 1 N–H and O–H groups in total. The van der Waals surface area contributed by atoms with E-state index in [-0.39, 0.29) is 0 Å². The van der Waals surface area contributed by atoms with Crippen molar-refractivity contribution in [2.75, 3.05) is 5.32 Å². The van der Waals surface area contributed by atoms with Gasteiger partial charge in [-0.05, 0) is 51.2 Å². The second-order valence-electron chi connectivity index (χ2n) is 8.69. The fourth-order valence-corrected chi connectivity index (χ4v) is 4.76. The van der Waals surface area contributed by atoms with Crippen molar-refractivity contribution in [1.82, 2.24) is 0 Å². The van der Waals surface area contributed by atoms with Gasteiger partial charge in [-0.15, -0.1) is 0 Å². The molecule has 0 unspecified atom stereocenters. The van der Waals surface area contributed by atoms with Gasteiger partial charge >= 0.3 is 0 Å². The van der Waals surface area contributed by atoms with Crippen LogP contribution in [0.4, 0.5) is 11.4 Å². The van der Waals surface area contributed by atoms with E-state index in [1.807, 2.05) is 0 Å². The number of nitrogens with one attached hydrogen (secondary N) is 1. The average Bonchev–Trinajstić information content (AvgIpc) is 2.94. The zero-order valence-electron chi connectivity index (χ0n) is 19.4. The molecule has 0 heterocycles. The number of para-hydroxylation sites is 1. The van der Waals surface area contributed by atoms with E-state index in [0.717, 1.165) is 11.4 Å². The fraction of sp³-hybridized carbons (Fsp3) is 0. The Bertz CT molecular complexity index is 1600. The van der Waals surface area contributed by atoms with Crippen molar-refractivity contribution in [3.8, 4) is 33.4 Å². The molecule has 0 saturated carbocycles. The van der Waals surface area contributed by atoms with Gasteiger partial charge in [-0.25, -0.2) is 0 Å². The predicted octanol–water partition coefficient (Wildman–Crippen LogP) is 9.58. The minimum Gasteiger partial charge on any atom is -0.355 e. The smallest absolute Gasteiger partial charge is 0.0464 e. The topological polar surface area (TPSA) is 12.0 Å². The highest BCUT2D eigenvalue weighted by Crippen LogP contribution is 2.38. The van der Waals surface area contributed by atoms with E-state index in [0.29, 0.717) is 0 Å². The molecule has 0 fully saturated rings. The van der Waals surface area contributed by atoms with Crippen LogP contribution in [0.25, 0.3) is 44.2 Å². The number of fused-ring (bicyclic) bond motifs is 1. The van der Waals surface area contributed by atoms with Crippen LogP contribution in [0.5, 0.6) is 0 Å². The second kappa shape index (κ2) is 9.32. The highest BCUT2D eigenvalue weighted by molar-refractivity contribution is 5.98. The molecule has 0 atom stereocenters. The third kappa shape index (κ3) is 4.20. The molecule has 0 aromatic heterocycles. The normalized spacial score (nSPS) is 10.9. The maximum atomic E-state index is 3.75. The molecule has 0 saturated heterocycles. The van der Waals surface area contributed by atoms with Crippen molar-refractivity contribution in [2.24, 2.45) is 0 Å². The summed E-state index contributed by atoms with van der Waals surface area (Å²) in [6.07, 6.45) is 0. The summed E-state index contributed by atoms with van der Waals surface area (Å²) in [5, 5.41) is 6.28. The Balaban J connectivity index is 1.49. The van der Waals surface area contributed by atoms with E-state index >= 15 is 0 Å². The summed E-state index contributed by atoms with van der Waals surface area (Å²) in [6.45, 7) is 0. The largest absolute Gasteiger partial charge is 0.355 e. The summed E-state index contributed by atoms with van der Waals surface area (Å²) < 4.78 is 0. The average molecular weight is 448 g/mol. The van der Waals surface area contributed by atoms with Crippen LogP contribution in [0, 0.1) is 0 Å². The molecule has 0 aliphatic carbocycles. The summed E-state index contributed by atoms with van der Waals surface area (Å²) >= 11 is 0. The molecule has 0 spiro atoms. The van der Waals surface area contributed by atoms with Crippen LogP contribution in [0.2, 0.25) is 0 Å². The molecular weight excluding hydrogens is 422 g/mol. The second-order valence-corrected chi connectivity index (χ2v) is 8.69. The van der Waals surface area contributed by atoms with Gasteiger partial charge in [0, 0.05) is 22.5 Å². The third-order valence-corrected chi connectivity index (χ3v) is 6.49. The Morgan fingerprint density at radius 1 is 0.343 bits per heavy atom. The summed E-state index contributed by atoms with van der Waals surface area (Å²) in [5.41, 5.74) is 9.39.